The number of carbonyl (C=O) groups excluding carboxylic acids is 3. The van der Waals surface area contributed by atoms with Crippen LogP contribution in [0.1, 0.15) is 35.7 Å². The van der Waals surface area contributed by atoms with Gasteiger partial charge in [-0.05, 0) is 44.0 Å². The molecule has 2 aromatic rings. The number of nitro benzene ring substituents is 1. The first-order valence-electron chi connectivity index (χ1n) is 10.2. The van der Waals surface area contributed by atoms with Gasteiger partial charge >= 0.3 is 0 Å². The minimum absolute atomic E-state index is 0.0700. The van der Waals surface area contributed by atoms with Crippen LogP contribution in [-0.4, -0.2) is 32.7 Å². The molecule has 0 aromatic heterocycles. The Balaban J connectivity index is 1.79. The van der Waals surface area contributed by atoms with Crippen LogP contribution in [0.4, 0.5) is 5.69 Å². The van der Waals surface area contributed by atoms with Gasteiger partial charge in [0, 0.05) is 11.1 Å². The Labute approximate surface area is 199 Å². The Hall–Kier alpha value is -3.23. The molecule has 0 N–H and O–H groups in total. The lowest BCUT2D eigenvalue weighted by molar-refractivity contribution is -0.385. The largest absolute Gasteiger partial charge is 0.275 e. The number of carbonyl (C=O) groups is 3. The van der Waals surface area contributed by atoms with Gasteiger partial charge in [0.2, 0.25) is 0 Å². The van der Waals surface area contributed by atoms with Gasteiger partial charge in [-0.3, -0.25) is 24.5 Å². The Morgan fingerprint density at radius 3 is 2.55 bits per heavy atom. The maximum absolute atomic E-state index is 13.6. The summed E-state index contributed by atoms with van der Waals surface area (Å²) in [7, 11) is 0. The molecule has 1 saturated heterocycles. The highest BCUT2D eigenvalue weighted by Gasteiger charge is 2.51. The van der Waals surface area contributed by atoms with Crippen molar-refractivity contribution in [1.29, 1.82) is 0 Å². The molecule has 2 aromatic carbocycles. The third-order valence-corrected chi connectivity index (χ3v) is 6.51. The molecule has 170 valence electrons. The number of hydrazine groups is 1. The van der Waals surface area contributed by atoms with Crippen LogP contribution in [0.5, 0.6) is 0 Å². The maximum Gasteiger partial charge on any atom is 0.275 e. The molecule has 33 heavy (non-hydrogen) atoms. The number of benzene rings is 2. The summed E-state index contributed by atoms with van der Waals surface area (Å²) in [6.45, 7) is 1.50. The Morgan fingerprint density at radius 2 is 1.85 bits per heavy atom. The number of hydrogen-bond donors (Lipinski definition) is 0. The smallest absolute Gasteiger partial charge is 0.272 e. The predicted octanol–water partition coefficient (Wildman–Crippen LogP) is 4.80. The molecule has 0 spiro atoms. The van der Waals surface area contributed by atoms with Crippen LogP contribution in [0.3, 0.4) is 0 Å². The number of allylic oxidation sites excluding steroid dienone is 2. The van der Waals surface area contributed by atoms with Crippen LogP contribution in [0.15, 0.2) is 54.1 Å². The summed E-state index contributed by atoms with van der Waals surface area (Å²) >= 11 is 12.1. The molecule has 4 rings (SSSR count). The van der Waals surface area contributed by atoms with E-state index in [9.17, 15) is 24.5 Å². The molecule has 0 saturated carbocycles. The van der Waals surface area contributed by atoms with Gasteiger partial charge in [0.05, 0.1) is 39.5 Å². The molecule has 1 aliphatic carbocycles. The molecule has 1 fully saturated rings. The number of rotatable bonds is 5. The number of hydrogen-bond acceptors (Lipinski definition) is 5. The first-order chi connectivity index (χ1) is 15.7. The van der Waals surface area contributed by atoms with Crippen molar-refractivity contribution in [3.8, 4) is 0 Å². The third-order valence-electron chi connectivity index (χ3n) is 5.94. The van der Waals surface area contributed by atoms with Crippen LogP contribution < -0.4 is 0 Å². The van der Waals surface area contributed by atoms with Gasteiger partial charge in [-0.15, -0.1) is 0 Å². The first kappa shape index (κ1) is 22.9. The monoisotopic (exact) mass is 487 g/mol. The van der Waals surface area contributed by atoms with Gasteiger partial charge in [0.25, 0.3) is 23.4 Å². The van der Waals surface area contributed by atoms with E-state index in [4.69, 9.17) is 23.2 Å². The van der Waals surface area contributed by atoms with E-state index >= 15 is 0 Å². The van der Waals surface area contributed by atoms with E-state index in [0.29, 0.717) is 12.8 Å². The molecule has 0 radical (unpaired) electrons. The molecule has 1 heterocycles. The minimum atomic E-state index is -0.713. The van der Waals surface area contributed by atoms with E-state index in [1.54, 1.807) is 12.1 Å². The van der Waals surface area contributed by atoms with Crippen molar-refractivity contribution in [3.05, 3.63) is 85.4 Å². The van der Waals surface area contributed by atoms with Gasteiger partial charge in [0.15, 0.2) is 0 Å². The topological polar surface area (TPSA) is 101 Å². The van der Waals surface area contributed by atoms with Crippen molar-refractivity contribution in [2.75, 3.05) is 0 Å². The molecule has 0 bridgehead atoms. The van der Waals surface area contributed by atoms with Crippen molar-refractivity contribution < 1.29 is 19.3 Å². The highest BCUT2D eigenvalue weighted by atomic mass is 35.5. The van der Waals surface area contributed by atoms with E-state index in [1.807, 2.05) is 13.0 Å². The quantitative estimate of drug-likeness (QED) is 0.261. The van der Waals surface area contributed by atoms with Gasteiger partial charge in [-0.1, -0.05) is 47.0 Å². The van der Waals surface area contributed by atoms with Crippen LogP contribution in [-0.2, 0) is 16.1 Å². The number of nitrogens with zero attached hydrogens (tertiary/aromatic N) is 3. The van der Waals surface area contributed by atoms with Crippen molar-refractivity contribution in [2.45, 2.75) is 26.3 Å². The van der Waals surface area contributed by atoms with Crippen molar-refractivity contribution in [3.63, 3.8) is 0 Å². The molecule has 0 unspecified atom stereocenters. The Bertz CT molecular complexity index is 1210. The normalized spacial score (nSPS) is 19.8. The Morgan fingerprint density at radius 1 is 1.15 bits per heavy atom. The zero-order valence-electron chi connectivity index (χ0n) is 17.5. The number of imide groups is 1. The molecule has 3 amide bonds. The van der Waals surface area contributed by atoms with Gasteiger partial charge in [-0.2, -0.15) is 5.01 Å². The zero-order valence-corrected chi connectivity index (χ0v) is 19.0. The number of fused-ring (bicyclic) bond motifs is 1. The predicted molar refractivity (Wildman–Crippen MR) is 121 cm³/mol. The van der Waals surface area contributed by atoms with Gasteiger partial charge in [0.1, 0.15) is 0 Å². The van der Waals surface area contributed by atoms with E-state index in [1.165, 1.54) is 24.3 Å². The second-order valence-corrected chi connectivity index (χ2v) is 8.91. The second-order valence-electron chi connectivity index (χ2n) is 8.06. The summed E-state index contributed by atoms with van der Waals surface area (Å²) in [5, 5.41) is 13.7. The summed E-state index contributed by atoms with van der Waals surface area (Å²) in [5.74, 6) is -2.89. The number of amides is 3. The molecule has 1 aliphatic heterocycles. The SMILES string of the molecule is CC1=CC[C@@H]2C(=O)N(N(Cc3ccc(Cl)cc3[N+](=O)[O-])C(=O)c3ccccc3Cl)C(=O)[C@H]2C1. The van der Waals surface area contributed by atoms with Crippen LogP contribution in [0.25, 0.3) is 0 Å². The fourth-order valence-corrected chi connectivity index (χ4v) is 4.65. The minimum Gasteiger partial charge on any atom is -0.272 e. The summed E-state index contributed by atoms with van der Waals surface area (Å²) in [6.07, 6.45) is 2.73. The summed E-state index contributed by atoms with van der Waals surface area (Å²) in [5.41, 5.74) is 0.861. The van der Waals surface area contributed by atoms with E-state index in [0.717, 1.165) is 21.7 Å². The molecule has 2 aliphatic rings. The fourth-order valence-electron chi connectivity index (χ4n) is 4.27. The van der Waals surface area contributed by atoms with Crippen molar-refractivity contribution in [1.82, 2.24) is 10.0 Å². The highest BCUT2D eigenvalue weighted by molar-refractivity contribution is 6.34. The fraction of sp³-hybridized carbons (Fsp3) is 0.261. The lowest BCUT2D eigenvalue weighted by Crippen LogP contribution is -2.50. The molecule has 10 heteroatoms. The standard InChI is InChI=1S/C23H19Cl2N3O5/c1-13-6-9-16-18(10-13)23(31)27(22(16)30)26(21(29)17-4-2-3-5-19(17)25)12-14-7-8-15(24)11-20(14)28(32)33/h2-8,11,16,18H,9-10,12H2,1H3/t16-,18-/m0/s1. The second kappa shape index (κ2) is 8.96. The molecular weight excluding hydrogens is 469 g/mol. The van der Waals surface area contributed by atoms with Gasteiger partial charge < -0.3 is 0 Å². The third kappa shape index (κ3) is 4.24. The summed E-state index contributed by atoms with van der Waals surface area (Å²) in [4.78, 5) is 51.1. The van der Waals surface area contributed by atoms with Crippen molar-refractivity contribution >= 4 is 46.6 Å². The maximum atomic E-state index is 13.6. The number of nitro groups is 1. The lowest BCUT2D eigenvalue weighted by Gasteiger charge is -2.30. The molecular formula is C23H19Cl2N3O5. The molecule has 2 atom stereocenters. The highest BCUT2D eigenvalue weighted by Crippen LogP contribution is 2.39. The first-order valence-corrected chi connectivity index (χ1v) is 11.0. The van der Waals surface area contributed by atoms with Crippen LogP contribution in [0.2, 0.25) is 10.0 Å². The molecule has 8 nitrogen and oxygen atoms in total. The Kier molecular flexibility index (Phi) is 6.23. The summed E-state index contributed by atoms with van der Waals surface area (Å²) < 4.78 is 0. The average molecular weight is 488 g/mol. The van der Waals surface area contributed by atoms with E-state index < -0.39 is 34.5 Å². The zero-order chi connectivity index (χ0) is 23.9. The summed E-state index contributed by atoms with van der Waals surface area (Å²) in [6, 6.07) is 10.2. The van der Waals surface area contributed by atoms with Crippen LogP contribution in [0, 0.1) is 22.0 Å². The van der Waals surface area contributed by atoms with Crippen molar-refractivity contribution in [2.24, 2.45) is 11.8 Å². The van der Waals surface area contributed by atoms with Crippen LogP contribution >= 0.6 is 23.2 Å². The number of halogens is 2. The van der Waals surface area contributed by atoms with E-state index in [-0.39, 0.29) is 33.4 Å². The van der Waals surface area contributed by atoms with E-state index in [2.05, 4.69) is 0 Å². The van der Waals surface area contributed by atoms with Gasteiger partial charge in [-0.25, -0.2) is 5.01 Å². The lowest BCUT2D eigenvalue weighted by atomic mass is 9.82. The average Bonchev–Trinajstić information content (AvgIpc) is 3.02.